The maximum atomic E-state index is 5.55. The lowest BCUT2D eigenvalue weighted by atomic mass is 9.86. The van der Waals surface area contributed by atoms with Crippen LogP contribution in [0.4, 0.5) is 10.9 Å². The molecule has 0 spiro atoms. The lowest BCUT2D eigenvalue weighted by Crippen LogP contribution is -2.11. The number of nitrogens with two attached hydrogens (primary N) is 1. The Morgan fingerprint density at radius 1 is 1.38 bits per heavy atom. The molecule has 0 amide bonds. The summed E-state index contributed by atoms with van der Waals surface area (Å²) in [5.74, 6) is 1.29. The number of benzene rings is 1. The van der Waals surface area contributed by atoms with Crippen LogP contribution in [0.5, 0.6) is 5.75 Å². The third-order valence-electron chi connectivity index (χ3n) is 2.99. The lowest BCUT2D eigenvalue weighted by Gasteiger charge is -2.20. The van der Waals surface area contributed by atoms with Gasteiger partial charge in [0, 0.05) is 10.9 Å². The van der Waals surface area contributed by atoms with Crippen LogP contribution in [0.3, 0.4) is 0 Å². The highest BCUT2D eigenvalue weighted by Crippen LogP contribution is 2.27. The van der Waals surface area contributed by atoms with Crippen LogP contribution >= 0.6 is 11.3 Å². The third kappa shape index (κ3) is 3.95. The van der Waals surface area contributed by atoms with Crippen molar-refractivity contribution in [1.82, 2.24) is 4.98 Å². The Morgan fingerprint density at radius 3 is 2.71 bits per heavy atom. The Labute approximate surface area is 128 Å². The Hall–Kier alpha value is -2.08. The summed E-state index contributed by atoms with van der Waals surface area (Å²) in [7, 11) is 1.66. The zero-order chi connectivity index (χ0) is 15.5. The van der Waals surface area contributed by atoms with Crippen molar-refractivity contribution in [1.29, 1.82) is 0 Å². The summed E-state index contributed by atoms with van der Waals surface area (Å²) in [6.45, 7) is 6.51. The summed E-state index contributed by atoms with van der Waals surface area (Å²) >= 11 is 1.41. The van der Waals surface area contributed by atoms with Gasteiger partial charge in [-0.3, -0.25) is 5.43 Å². The fraction of sp³-hybridized carbons (Fsp3) is 0.333. The maximum absolute atomic E-state index is 5.55. The van der Waals surface area contributed by atoms with E-state index in [4.69, 9.17) is 10.5 Å². The number of aromatic nitrogens is 1. The van der Waals surface area contributed by atoms with Gasteiger partial charge in [0.25, 0.3) is 0 Å². The van der Waals surface area contributed by atoms with Gasteiger partial charge < -0.3 is 10.5 Å². The van der Waals surface area contributed by atoms with Gasteiger partial charge in [-0.2, -0.15) is 5.10 Å². The number of nitrogen functional groups attached to an aromatic ring is 1. The molecule has 0 aliphatic rings. The zero-order valence-electron chi connectivity index (χ0n) is 12.7. The minimum Gasteiger partial charge on any atom is -0.496 e. The number of hydrogen-bond donors (Lipinski definition) is 2. The lowest BCUT2D eigenvalue weighted by molar-refractivity contribution is 0.412. The van der Waals surface area contributed by atoms with Gasteiger partial charge in [-0.25, -0.2) is 4.98 Å². The molecule has 2 rings (SSSR count). The van der Waals surface area contributed by atoms with E-state index in [0.717, 1.165) is 11.3 Å². The van der Waals surface area contributed by atoms with Gasteiger partial charge in [0.05, 0.1) is 13.3 Å². The molecule has 0 saturated heterocycles. The number of ether oxygens (including phenoxy) is 1. The van der Waals surface area contributed by atoms with E-state index in [1.54, 1.807) is 18.7 Å². The average molecular weight is 304 g/mol. The molecule has 1 aromatic heterocycles. The molecule has 112 valence electrons. The van der Waals surface area contributed by atoms with Gasteiger partial charge in [0.1, 0.15) is 11.6 Å². The number of rotatable bonds is 4. The molecule has 0 unspecified atom stereocenters. The van der Waals surface area contributed by atoms with Crippen LogP contribution < -0.4 is 15.9 Å². The van der Waals surface area contributed by atoms with Crippen molar-refractivity contribution in [2.45, 2.75) is 26.2 Å². The predicted molar refractivity (Wildman–Crippen MR) is 89.4 cm³/mol. The van der Waals surface area contributed by atoms with Crippen LogP contribution in [-0.4, -0.2) is 18.3 Å². The normalized spacial score (nSPS) is 11.8. The van der Waals surface area contributed by atoms with Crippen LogP contribution in [-0.2, 0) is 5.41 Å². The molecular weight excluding hydrogens is 284 g/mol. The Kier molecular flexibility index (Phi) is 4.47. The molecule has 5 nitrogen and oxygen atoms in total. The smallest absolute Gasteiger partial charge is 0.205 e. The first-order valence-electron chi connectivity index (χ1n) is 6.59. The van der Waals surface area contributed by atoms with E-state index in [2.05, 4.69) is 42.3 Å². The Balaban J connectivity index is 2.16. The summed E-state index contributed by atoms with van der Waals surface area (Å²) in [4.78, 5) is 4.07. The van der Waals surface area contributed by atoms with Crippen LogP contribution in [0.2, 0.25) is 0 Å². The number of methoxy groups -OCH3 is 1. The molecule has 0 atom stereocenters. The molecule has 0 aliphatic heterocycles. The van der Waals surface area contributed by atoms with E-state index in [1.165, 1.54) is 16.9 Å². The standard InChI is InChI=1S/C15H20N4OS/c1-15(2,3)11-6-5-10(12(7-11)20-4)8-17-19-14-18-13(16)9-21-14/h5-9H,16H2,1-4H3,(H,18,19). The van der Waals surface area contributed by atoms with E-state index >= 15 is 0 Å². The number of anilines is 2. The molecule has 0 fully saturated rings. The maximum Gasteiger partial charge on any atom is 0.205 e. The highest BCUT2D eigenvalue weighted by atomic mass is 32.1. The van der Waals surface area contributed by atoms with Crippen LogP contribution in [0, 0.1) is 0 Å². The second-order valence-corrected chi connectivity index (χ2v) is 6.51. The molecule has 0 saturated carbocycles. The van der Waals surface area contributed by atoms with Gasteiger partial charge in [-0.1, -0.05) is 26.8 Å². The summed E-state index contributed by atoms with van der Waals surface area (Å²) in [5.41, 5.74) is 10.6. The molecule has 1 aromatic carbocycles. The van der Waals surface area contributed by atoms with E-state index in [1.807, 2.05) is 12.1 Å². The quantitative estimate of drug-likeness (QED) is 0.670. The summed E-state index contributed by atoms with van der Waals surface area (Å²) in [6.07, 6.45) is 1.71. The highest BCUT2D eigenvalue weighted by Gasteiger charge is 2.15. The van der Waals surface area contributed by atoms with E-state index in [-0.39, 0.29) is 5.41 Å². The van der Waals surface area contributed by atoms with Gasteiger partial charge in [-0.05, 0) is 23.1 Å². The SMILES string of the molecule is COc1cc(C(C)(C)C)ccc1C=NNc1nc(N)cs1. The molecule has 6 heteroatoms. The third-order valence-corrected chi connectivity index (χ3v) is 3.75. The molecule has 21 heavy (non-hydrogen) atoms. The molecule has 0 radical (unpaired) electrons. The molecule has 2 aromatic rings. The van der Waals surface area contributed by atoms with Gasteiger partial charge >= 0.3 is 0 Å². The topological polar surface area (TPSA) is 72.5 Å². The number of nitrogens with zero attached hydrogens (tertiary/aromatic N) is 2. The van der Waals surface area contributed by atoms with Crippen LogP contribution in [0.1, 0.15) is 31.9 Å². The molecular formula is C15H20N4OS. The second kappa shape index (κ2) is 6.13. The van der Waals surface area contributed by atoms with Gasteiger partial charge in [0.2, 0.25) is 5.13 Å². The summed E-state index contributed by atoms with van der Waals surface area (Å²) in [5, 5.41) is 6.58. The van der Waals surface area contributed by atoms with Crippen molar-refractivity contribution in [2.75, 3.05) is 18.3 Å². The summed E-state index contributed by atoms with van der Waals surface area (Å²) < 4.78 is 5.44. The van der Waals surface area contributed by atoms with Crippen molar-refractivity contribution in [3.63, 3.8) is 0 Å². The van der Waals surface area contributed by atoms with E-state index in [9.17, 15) is 0 Å². The van der Waals surface area contributed by atoms with E-state index < -0.39 is 0 Å². The van der Waals surface area contributed by atoms with Gasteiger partial charge in [-0.15, -0.1) is 11.3 Å². The predicted octanol–water partition coefficient (Wildman–Crippen LogP) is 3.48. The van der Waals surface area contributed by atoms with Crippen molar-refractivity contribution in [3.05, 3.63) is 34.7 Å². The Morgan fingerprint density at radius 2 is 2.14 bits per heavy atom. The van der Waals surface area contributed by atoms with E-state index in [0.29, 0.717) is 10.9 Å². The van der Waals surface area contributed by atoms with Gasteiger partial charge in [0.15, 0.2) is 0 Å². The number of hydrazone groups is 1. The molecule has 1 heterocycles. The zero-order valence-corrected chi connectivity index (χ0v) is 13.5. The Bertz CT molecular complexity index is 643. The first-order chi connectivity index (χ1) is 9.90. The molecule has 0 bridgehead atoms. The van der Waals surface area contributed by atoms with Crippen molar-refractivity contribution >= 4 is 28.5 Å². The molecule has 3 N–H and O–H groups in total. The number of thiazole rings is 1. The number of hydrogen-bond acceptors (Lipinski definition) is 6. The largest absolute Gasteiger partial charge is 0.496 e. The minimum atomic E-state index is 0.0830. The first kappa shape index (κ1) is 15.3. The fourth-order valence-corrected chi connectivity index (χ4v) is 2.33. The number of nitrogens with one attached hydrogen (secondary N) is 1. The van der Waals surface area contributed by atoms with Crippen molar-refractivity contribution in [3.8, 4) is 5.75 Å². The second-order valence-electron chi connectivity index (χ2n) is 5.65. The fourth-order valence-electron chi connectivity index (χ4n) is 1.78. The highest BCUT2D eigenvalue weighted by molar-refractivity contribution is 7.14. The minimum absolute atomic E-state index is 0.0830. The molecule has 0 aliphatic carbocycles. The summed E-state index contributed by atoms with van der Waals surface area (Å²) in [6, 6.07) is 6.13. The average Bonchev–Trinajstić information content (AvgIpc) is 2.83. The van der Waals surface area contributed by atoms with Crippen LogP contribution in [0.25, 0.3) is 0 Å². The first-order valence-corrected chi connectivity index (χ1v) is 7.46. The monoisotopic (exact) mass is 304 g/mol. The van der Waals surface area contributed by atoms with Crippen molar-refractivity contribution in [2.24, 2.45) is 5.10 Å². The van der Waals surface area contributed by atoms with Crippen LogP contribution in [0.15, 0.2) is 28.7 Å². The van der Waals surface area contributed by atoms with Crippen molar-refractivity contribution < 1.29 is 4.74 Å².